The third kappa shape index (κ3) is 4.64. The first-order chi connectivity index (χ1) is 13.2. The van der Waals surface area contributed by atoms with E-state index in [1.54, 1.807) is 13.4 Å². The molecule has 27 heavy (non-hydrogen) atoms. The highest BCUT2D eigenvalue weighted by atomic mass is 16.5. The maximum atomic E-state index is 12.7. The summed E-state index contributed by atoms with van der Waals surface area (Å²) >= 11 is 0. The molecule has 0 aliphatic rings. The van der Waals surface area contributed by atoms with Gasteiger partial charge in [0.2, 0.25) is 5.95 Å². The van der Waals surface area contributed by atoms with E-state index in [1.165, 1.54) is 6.20 Å². The molecule has 2 heterocycles. The summed E-state index contributed by atoms with van der Waals surface area (Å²) in [5.41, 5.74) is 7.34. The number of hydrogen-bond donors (Lipinski definition) is 2. The highest BCUT2D eigenvalue weighted by Crippen LogP contribution is 2.21. The van der Waals surface area contributed by atoms with Gasteiger partial charge in [0.15, 0.2) is 5.82 Å². The minimum absolute atomic E-state index is 0.114. The number of nitrogens with zero attached hydrogens (tertiary/aromatic N) is 5. The molecule has 0 radical (unpaired) electrons. The second-order valence-corrected chi connectivity index (χ2v) is 5.83. The molecule has 9 nitrogen and oxygen atoms in total. The maximum Gasteiger partial charge on any atom is 0.255 e. The average molecular weight is 367 g/mol. The van der Waals surface area contributed by atoms with Crippen LogP contribution in [0, 0.1) is 0 Å². The van der Waals surface area contributed by atoms with E-state index in [9.17, 15) is 4.79 Å². The van der Waals surface area contributed by atoms with Crippen molar-refractivity contribution in [2.24, 2.45) is 0 Å². The van der Waals surface area contributed by atoms with Crippen molar-refractivity contribution >= 4 is 11.9 Å². The second-order valence-electron chi connectivity index (χ2n) is 5.83. The Morgan fingerprint density at radius 3 is 2.89 bits per heavy atom. The quantitative estimate of drug-likeness (QED) is 0.575. The van der Waals surface area contributed by atoms with Gasteiger partial charge in [-0.2, -0.15) is 0 Å². The molecule has 3 rings (SSSR count). The third-order valence-corrected chi connectivity index (χ3v) is 3.95. The molecule has 9 heteroatoms. The third-order valence-electron chi connectivity index (χ3n) is 3.95. The zero-order valence-electron chi connectivity index (χ0n) is 15.0. The number of anilines is 1. The summed E-state index contributed by atoms with van der Waals surface area (Å²) in [5.74, 6) is 0.473. The van der Waals surface area contributed by atoms with E-state index in [2.05, 4.69) is 25.5 Å². The Hall–Kier alpha value is -3.33. The Morgan fingerprint density at radius 2 is 2.11 bits per heavy atom. The predicted octanol–water partition coefficient (Wildman–Crippen LogP) is 1.28. The molecule has 0 unspecified atom stereocenters. The number of aryl methyl sites for hydroxylation is 1. The lowest BCUT2D eigenvalue weighted by Gasteiger charge is -2.10. The van der Waals surface area contributed by atoms with Crippen LogP contribution < -0.4 is 11.1 Å². The van der Waals surface area contributed by atoms with Crippen LogP contribution >= 0.6 is 0 Å². The summed E-state index contributed by atoms with van der Waals surface area (Å²) in [6.45, 7) is 1.60. The van der Waals surface area contributed by atoms with Crippen LogP contribution in [-0.2, 0) is 17.8 Å². The molecule has 0 atom stereocenters. The SMILES string of the molecule is COCCCn1cnnc1CNC(=O)c1cnc(N)nc1-c1ccccc1. The number of nitrogens with two attached hydrogens (primary N) is 1. The first-order valence-corrected chi connectivity index (χ1v) is 8.51. The van der Waals surface area contributed by atoms with Gasteiger partial charge in [-0.3, -0.25) is 4.79 Å². The van der Waals surface area contributed by atoms with Crippen molar-refractivity contribution < 1.29 is 9.53 Å². The van der Waals surface area contributed by atoms with Crippen LogP contribution in [0.15, 0.2) is 42.9 Å². The van der Waals surface area contributed by atoms with Gasteiger partial charge in [0, 0.05) is 32.0 Å². The second kappa shape index (κ2) is 8.86. The number of carbonyl (C=O) groups excluding carboxylic acids is 1. The van der Waals surface area contributed by atoms with Crippen molar-refractivity contribution in [3.05, 3.63) is 54.2 Å². The Balaban J connectivity index is 1.73. The molecule has 0 aliphatic heterocycles. The van der Waals surface area contributed by atoms with Crippen LogP contribution in [0.5, 0.6) is 0 Å². The number of hydrogen-bond acceptors (Lipinski definition) is 7. The number of ether oxygens (including phenoxy) is 1. The van der Waals surface area contributed by atoms with Gasteiger partial charge in [-0.15, -0.1) is 10.2 Å². The zero-order chi connectivity index (χ0) is 19.1. The first kappa shape index (κ1) is 18.5. The van der Waals surface area contributed by atoms with E-state index in [0.29, 0.717) is 30.2 Å². The smallest absolute Gasteiger partial charge is 0.255 e. The van der Waals surface area contributed by atoms with E-state index >= 15 is 0 Å². The molecule has 0 aliphatic carbocycles. The zero-order valence-corrected chi connectivity index (χ0v) is 15.0. The number of methoxy groups -OCH3 is 1. The number of benzene rings is 1. The minimum Gasteiger partial charge on any atom is -0.385 e. The van der Waals surface area contributed by atoms with Gasteiger partial charge in [-0.25, -0.2) is 9.97 Å². The summed E-state index contributed by atoms with van der Waals surface area (Å²) in [6, 6.07) is 9.37. The minimum atomic E-state index is -0.305. The highest BCUT2D eigenvalue weighted by molar-refractivity contribution is 5.99. The topological polar surface area (TPSA) is 121 Å². The van der Waals surface area contributed by atoms with E-state index < -0.39 is 0 Å². The van der Waals surface area contributed by atoms with E-state index in [4.69, 9.17) is 10.5 Å². The van der Waals surface area contributed by atoms with Gasteiger partial charge in [-0.1, -0.05) is 30.3 Å². The number of amides is 1. The first-order valence-electron chi connectivity index (χ1n) is 8.51. The largest absolute Gasteiger partial charge is 0.385 e. The van der Waals surface area contributed by atoms with Crippen LogP contribution in [-0.4, -0.2) is 44.4 Å². The molecular weight excluding hydrogens is 346 g/mol. The lowest BCUT2D eigenvalue weighted by molar-refractivity contribution is 0.0949. The van der Waals surface area contributed by atoms with Crippen LogP contribution in [0.2, 0.25) is 0 Å². The van der Waals surface area contributed by atoms with Crippen molar-refractivity contribution in [2.45, 2.75) is 19.5 Å². The summed E-state index contributed by atoms with van der Waals surface area (Å²) in [6.07, 6.45) is 3.90. The van der Waals surface area contributed by atoms with E-state index in [-0.39, 0.29) is 18.4 Å². The molecule has 2 aromatic heterocycles. The van der Waals surface area contributed by atoms with Crippen molar-refractivity contribution in [1.82, 2.24) is 30.0 Å². The molecule has 3 aromatic rings. The Kier molecular flexibility index (Phi) is 6.06. The number of carbonyl (C=O) groups is 1. The lowest BCUT2D eigenvalue weighted by atomic mass is 10.1. The number of nitrogens with one attached hydrogen (secondary N) is 1. The molecule has 0 spiro atoms. The molecule has 1 aromatic carbocycles. The molecule has 140 valence electrons. The highest BCUT2D eigenvalue weighted by Gasteiger charge is 2.16. The van der Waals surface area contributed by atoms with Gasteiger partial charge in [0.25, 0.3) is 5.91 Å². The summed E-state index contributed by atoms with van der Waals surface area (Å²) in [5, 5.41) is 10.8. The van der Waals surface area contributed by atoms with Gasteiger partial charge in [-0.05, 0) is 6.42 Å². The normalized spacial score (nSPS) is 10.7. The van der Waals surface area contributed by atoms with Crippen molar-refractivity contribution in [2.75, 3.05) is 19.5 Å². The average Bonchev–Trinajstić information content (AvgIpc) is 3.14. The van der Waals surface area contributed by atoms with Gasteiger partial charge >= 0.3 is 0 Å². The lowest BCUT2D eigenvalue weighted by Crippen LogP contribution is -2.26. The van der Waals surface area contributed by atoms with E-state index in [1.807, 2.05) is 34.9 Å². The predicted molar refractivity (Wildman–Crippen MR) is 99.6 cm³/mol. The Labute approximate surface area is 156 Å². The van der Waals surface area contributed by atoms with Gasteiger partial charge in [0.05, 0.1) is 17.8 Å². The fourth-order valence-corrected chi connectivity index (χ4v) is 2.61. The van der Waals surface area contributed by atoms with Crippen LogP contribution in [0.4, 0.5) is 5.95 Å². The Bertz CT molecular complexity index is 896. The van der Waals surface area contributed by atoms with Crippen molar-refractivity contribution in [1.29, 1.82) is 0 Å². The monoisotopic (exact) mass is 367 g/mol. The fraction of sp³-hybridized carbons (Fsp3) is 0.278. The molecule has 0 saturated heterocycles. The van der Waals surface area contributed by atoms with Gasteiger partial charge < -0.3 is 20.4 Å². The molecule has 0 fully saturated rings. The fourth-order valence-electron chi connectivity index (χ4n) is 2.61. The number of rotatable bonds is 8. The van der Waals surface area contributed by atoms with Crippen LogP contribution in [0.25, 0.3) is 11.3 Å². The Morgan fingerprint density at radius 1 is 1.30 bits per heavy atom. The summed E-state index contributed by atoms with van der Waals surface area (Å²) < 4.78 is 6.94. The van der Waals surface area contributed by atoms with Crippen LogP contribution in [0.1, 0.15) is 22.6 Å². The molecule has 3 N–H and O–H groups in total. The van der Waals surface area contributed by atoms with Crippen LogP contribution in [0.3, 0.4) is 0 Å². The van der Waals surface area contributed by atoms with Crippen molar-refractivity contribution in [3.63, 3.8) is 0 Å². The molecular formula is C18H21N7O2. The molecule has 0 saturated carbocycles. The van der Waals surface area contributed by atoms with E-state index in [0.717, 1.165) is 12.0 Å². The van der Waals surface area contributed by atoms with Gasteiger partial charge in [0.1, 0.15) is 6.33 Å². The molecule has 0 bridgehead atoms. The summed E-state index contributed by atoms with van der Waals surface area (Å²) in [7, 11) is 1.66. The summed E-state index contributed by atoms with van der Waals surface area (Å²) in [4.78, 5) is 20.9. The maximum absolute atomic E-state index is 12.7. The number of nitrogen functional groups attached to an aromatic ring is 1. The van der Waals surface area contributed by atoms with Crippen molar-refractivity contribution in [3.8, 4) is 11.3 Å². The molecule has 1 amide bonds. The number of aromatic nitrogens is 5. The standard InChI is InChI=1S/C18H21N7O2/c1-27-9-5-8-25-12-22-24-15(25)11-20-17(26)14-10-21-18(19)23-16(14)13-6-3-2-4-7-13/h2-4,6-7,10,12H,5,8-9,11H2,1H3,(H,20,26)(H2,19,21,23).